The molecule has 2 rings (SSSR count). The van der Waals surface area contributed by atoms with Crippen LogP contribution in [0.3, 0.4) is 0 Å². The van der Waals surface area contributed by atoms with Crippen molar-refractivity contribution in [2.45, 2.75) is 26.7 Å². The summed E-state index contributed by atoms with van der Waals surface area (Å²) in [6.45, 7) is 5.64. The second-order valence-electron chi connectivity index (χ2n) is 4.24. The zero-order chi connectivity index (χ0) is 12.6. The molecule has 0 atom stereocenters. The summed E-state index contributed by atoms with van der Waals surface area (Å²) in [4.78, 5) is 19.5. The number of rotatable bonds is 2. The van der Waals surface area contributed by atoms with Gasteiger partial charge in [0.2, 0.25) is 5.88 Å². The molecule has 0 aromatic carbocycles. The topological polar surface area (TPSA) is 66.0 Å². The lowest BCUT2D eigenvalue weighted by atomic mass is 10.1. The lowest BCUT2D eigenvalue weighted by Gasteiger charge is -2.07. The SMILES string of the molecule is Cc1ccsc1-c1nc(O)c(C(C)C)c(=O)[nH]1. The molecule has 2 N–H and O–H groups in total. The molecule has 4 nitrogen and oxygen atoms in total. The molecule has 0 spiro atoms. The molecule has 0 bridgehead atoms. The van der Waals surface area contributed by atoms with E-state index in [0.717, 1.165) is 10.4 Å². The number of hydrogen-bond donors (Lipinski definition) is 2. The summed E-state index contributed by atoms with van der Waals surface area (Å²) in [6.07, 6.45) is 0. The molecule has 0 aliphatic heterocycles. The molecule has 90 valence electrons. The number of H-pyrrole nitrogens is 1. The van der Waals surface area contributed by atoms with Gasteiger partial charge >= 0.3 is 0 Å². The molecule has 2 heterocycles. The highest BCUT2D eigenvalue weighted by atomic mass is 32.1. The van der Waals surface area contributed by atoms with E-state index in [1.54, 1.807) is 0 Å². The van der Waals surface area contributed by atoms with Gasteiger partial charge in [0.25, 0.3) is 5.56 Å². The number of aromatic nitrogens is 2. The van der Waals surface area contributed by atoms with Crippen LogP contribution in [0.1, 0.15) is 30.9 Å². The van der Waals surface area contributed by atoms with Gasteiger partial charge in [-0.25, -0.2) is 0 Å². The van der Waals surface area contributed by atoms with E-state index in [0.29, 0.717) is 11.4 Å². The second-order valence-corrected chi connectivity index (χ2v) is 5.16. The number of aromatic amines is 1. The summed E-state index contributed by atoms with van der Waals surface area (Å²) >= 11 is 1.49. The molecule has 0 unspecified atom stereocenters. The van der Waals surface area contributed by atoms with Crippen molar-refractivity contribution >= 4 is 11.3 Å². The number of nitrogens with one attached hydrogen (secondary N) is 1. The molecule has 0 fully saturated rings. The van der Waals surface area contributed by atoms with Crippen molar-refractivity contribution in [3.05, 3.63) is 32.9 Å². The highest BCUT2D eigenvalue weighted by Crippen LogP contribution is 2.28. The Balaban J connectivity index is 2.61. The molecule has 0 aliphatic rings. The van der Waals surface area contributed by atoms with Gasteiger partial charge in [-0.1, -0.05) is 13.8 Å². The lowest BCUT2D eigenvalue weighted by Crippen LogP contribution is -2.16. The first-order chi connectivity index (χ1) is 8.00. The van der Waals surface area contributed by atoms with E-state index in [-0.39, 0.29) is 17.4 Å². The Morgan fingerprint density at radius 3 is 2.65 bits per heavy atom. The van der Waals surface area contributed by atoms with Gasteiger partial charge in [0.15, 0.2) is 5.82 Å². The molecular weight excluding hydrogens is 236 g/mol. The fourth-order valence-corrected chi connectivity index (χ4v) is 2.58. The van der Waals surface area contributed by atoms with E-state index in [2.05, 4.69) is 9.97 Å². The Hall–Kier alpha value is -1.62. The Kier molecular flexibility index (Phi) is 3.02. The predicted octanol–water partition coefficient (Wildman–Crippen LogP) is 2.64. The van der Waals surface area contributed by atoms with Gasteiger partial charge in [0.1, 0.15) is 0 Å². The predicted molar refractivity (Wildman–Crippen MR) is 68.7 cm³/mol. The summed E-state index contributed by atoms with van der Waals surface area (Å²) in [6, 6.07) is 1.95. The molecular formula is C12H14N2O2S. The van der Waals surface area contributed by atoms with Crippen LogP contribution in [0.25, 0.3) is 10.7 Å². The van der Waals surface area contributed by atoms with Gasteiger partial charge in [-0.15, -0.1) is 11.3 Å². The van der Waals surface area contributed by atoms with Crippen molar-refractivity contribution in [1.29, 1.82) is 0 Å². The largest absolute Gasteiger partial charge is 0.493 e. The van der Waals surface area contributed by atoms with Gasteiger partial charge in [0.05, 0.1) is 10.4 Å². The molecule has 0 radical (unpaired) electrons. The average molecular weight is 250 g/mol. The van der Waals surface area contributed by atoms with Crippen molar-refractivity contribution in [3.63, 3.8) is 0 Å². The average Bonchev–Trinajstić information content (AvgIpc) is 2.62. The normalized spacial score (nSPS) is 11.1. The minimum atomic E-state index is -0.268. The van der Waals surface area contributed by atoms with Crippen LogP contribution >= 0.6 is 11.3 Å². The fraction of sp³-hybridized carbons (Fsp3) is 0.333. The van der Waals surface area contributed by atoms with Crippen LogP contribution in [0.5, 0.6) is 5.88 Å². The summed E-state index contributed by atoms with van der Waals surface area (Å²) in [5, 5.41) is 11.7. The number of hydrogen-bond acceptors (Lipinski definition) is 4. The number of nitrogens with zero attached hydrogens (tertiary/aromatic N) is 1. The van der Waals surface area contributed by atoms with E-state index < -0.39 is 0 Å². The highest BCUT2D eigenvalue weighted by Gasteiger charge is 2.15. The fourth-order valence-electron chi connectivity index (χ4n) is 1.71. The molecule has 0 saturated carbocycles. The summed E-state index contributed by atoms with van der Waals surface area (Å²) in [5.41, 5.74) is 1.10. The zero-order valence-electron chi connectivity index (χ0n) is 9.94. The van der Waals surface area contributed by atoms with E-state index in [1.165, 1.54) is 11.3 Å². The summed E-state index contributed by atoms with van der Waals surface area (Å²) < 4.78 is 0. The minimum Gasteiger partial charge on any atom is -0.493 e. The third-order valence-electron chi connectivity index (χ3n) is 2.59. The van der Waals surface area contributed by atoms with Crippen molar-refractivity contribution in [2.75, 3.05) is 0 Å². The monoisotopic (exact) mass is 250 g/mol. The molecule has 0 saturated heterocycles. The quantitative estimate of drug-likeness (QED) is 0.861. The molecule has 2 aromatic rings. The van der Waals surface area contributed by atoms with Crippen LogP contribution in [0.15, 0.2) is 16.2 Å². The third kappa shape index (κ3) is 2.10. The Bertz CT molecular complexity index is 599. The van der Waals surface area contributed by atoms with Crippen LogP contribution < -0.4 is 5.56 Å². The van der Waals surface area contributed by atoms with Crippen LogP contribution in [-0.2, 0) is 0 Å². The van der Waals surface area contributed by atoms with E-state index in [9.17, 15) is 9.90 Å². The molecule has 0 amide bonds. The van der Waals surface area contributed by atoms with Gasteiger partial charge in [-0.3, -0.25) is 4.79 Å². The molecule has 2 aromatic heterocycles. The molecule has 5 heteroatoms. The van der Waals surface area contributed by atoms with Crippen molar-refractivity contribution in [2.24, 2.45) is 0 Å². The maximum Gasteiger partial charge on any atom is 0.258 e. The summed E-state index contributed by atoms with van der Waals surface area (Å²) in [7, 11) is 0. The van der Waals surface area contributed by atoms with Gasteiger partial charge < -0.3 is 10.1 Å². The first-order valence-electron chi connectivity index (χ1n) is 5.38. The third-order valence-corrected chi connectivity index (χ3v) is 3.61. The first-order valence-corrected chi connectivity index (χ1v) is 6.26. The number of thiophene rings is 1. The highest BCUT2D eigenvalue weighted by molar-refractivity contribution is 7.13. The summed E-state index contributed by atoms with van der Waals surface area (Å²) in [5.74, 6) is 0.209. The second kappa shape index (κ2) is 4.33. The van der Waals surface area contributed by atoms with Crippen molar-refractivity contribution in [1.82, 2.24) is 9.97 Å². The van der Waals surface area contributed by atoms with Crippen LogP contribution in [0.4, 0.5) is 0 Å². The zero-order valence-corrected chi connectivity index (χ0v) is 10.8. The molecule has 0 aliphatic carbocycles. The number of aromatic hydroxyl groups is 1. The smallest absolute Gasteiger partial charge is 0.258 e. The Morgan fingerprint density at radius 2 is 2.18 bits per heavy atom. The maximum absolute atomic E-state index is 11.9. The van der Waals surface area contributed by atoms with Gasteiger partial charge in [0, 0.05) is 0 Å². The van der Waals surface area contributed by atoms with Gasteiger partial charge in [-0.2, -0.15) is 4.98 Å². The lowest BCUT2D eigenvalue weighted by molar-refractivity contribution is 0.440. The van der Waals surface area contributed by atoms with E-state index >= 15 is 0 Å². The van der Waals surface area contributed by atoms with Crippen LogP contribution in [-0.4, -0.2) is 15.1 Å². The van der Waals surface area contributed by atoms with E-state index in [4.69, 9.17) is 0 Å². The van der Waals surface area contributed by atoms with Crippen LogP contribution in [0, 0.1) is 6.92 Å². The first kappa shape index (κ1) is 11.9. The van der Waals surface area contributed by atoms with Crippen LogP contribution in [0.2, 0.25) is 0 Å². The number of aryl methyl sites for hydroxylation is 1. The standard InChI is InChI=1S/C12H14N2O2S/c1-6(2)8-11(15)13-10(14-12(8)16)9-7(3)4-5-17-9/h4-6H,1-3H3,(H2,13,14,15,16). The van der Waals surface area contributed by atoms with Crippen molar-refractivity contribution in [3.8, 4) is 16.6 Å². The Morgan fingerprint density at radius 1 is 1.47 bits per heavy atom. The Labute approximate surface area is 103 Å². The van der Waals surface area contributed by atoms with Crippen molar-refractivity contribution < 1.29 is 5.11 Å². The van der Waals surface area contributed by atoms with E-state index in [1.807, 2.05) is 32.2 Å². The van der Waals surface area contributed by atoms with Gasteiger partial charge in [-0.05, 0) is 29.9 Å². The maximum atomic E-state index is 11.9. The molecule has 17 heavy (non-hydrogen) atoms. The minimum absolute atomic E-state index is 0.0512.